The summed E-state index contributed by atoms with van der Waals surface area (Å²) in [5, 5.41) is 1.15. The maximum absolute atomic E-state index is 6.44. The normalized spacial score (nSPS) is 15.4. The van der Waals surface area contributed by atoms with Crippen molar-refractivity contribution in [1.82, 2.24) is 0 Å². The number of nitrogen functional groups attached to an aromatic ring is 1. The summed E-state index contributed by atoms with van der Waals surface area (Å²) in [6.07, 6.45) is 1.28. The van der Waals surface area contributed by atoms with Gasteiger partial charge in [-0.15, -0.1) is 0 Å². The van der Waals surface area contributed by atoms with Crippen LogP contribution in [0.4, 0.5) is 17.1 Å². The molecule has 1 aliphatic heterocycles. The molecule has 3 aromatic carbocycles. The predicted molar refractivity (Wildman–Crippen MR) is 116 cm³/mol. The van der Waals surface area contributed by atoms with Crippen LogP contribution < -0.4 is 21.1 Å². The molecular weight excluding hydrogens is 395 g/mol. The third kappa shape index (κ3) is 3.78. The van der Waals surface area contributed by atoms with Crippen molar-refractivity contribution in [1.29, 1.82) is 0 Å². The van der Waals surface area contributed by atoms with E-state index in [2.05, 4.69) is 4.99 Å². The molecule has 0 spiro atoms. The van der Waals surface area contributed by atoms with Crippen LogP contribution >= 0.6 is 23.2 Å². The fourth-order valence-corrected chi connectivity index (χ4v) is 3.50. The fraction of sp³-hybridized carbons (Fsp3) is 0.0952. The van der Waals surface area contributed by atoms with E-state index in [0.29, 0.717) is 28.1 Å². The molecule has 0 radical (unpaired) electrons. The molecule has 3 aromatic rings. The monoisotopic (exact) mass is 412 g/mol. The molecule has 142 valence electrons. The lowest BCUT2D eigenvalue weighted by Crippen LogP contribution is -2.35. The average molecular weight is 413 g/mol. The third-order valence-electron chi connectivity index (χ3n) is 4.49. The van der Waals surface area contributed by atoms with Crippen molar-refractivity contribution in [3.05, 3.63) is 81.8 Å². The summed E-state index contributed by atoms with van der Waals surface area (Å²) in [7, 11) is 0. The standard InChI is InChI=1S/C21H18Cl2N4O/c22-14-3-1-2-13(8-14)11-28-20-7-5-16(10-18(20)23)27-12-26-19-6-4-15(24)9-17(19)21(27)25/h1-10,12,21H,11,24-25H2. The van der Waals surface area contributed by atoms with Crippen molar-refractivity contribution in [2.45, 2.75) is 12.8 Å². The van der Waals surface area contributed by atoms with Crippen LogP contribution in [0.5, 0.6) is 5.75 Å². The van der Waals surface area contributed by atoms with E-state index in [4.69, 9.17) is 39.4 Å². The molecule has 0 saturated carbocycles. The van der Waals surface area contributed by atoms with Gasteiger partial charge in [-0.05, 0) is 54.1 Å². The number of fused-ring (bicyclic) bond motifs is 1. The fourth-order valence-electron chi connectivity index (χ4n) is 3.06. The number of nitrogens with zero attached hydrogens (tertiary/aromatic N) is 2. The number of benzene rings is 3. The number of aliphatic imine (C=N–C) groups is 1. The number of anilines is 2. The number of nitrogens with two attached hydrogens (primary N) is 2. The Labute approximate surface area is 173 Å². The Hall–Kier alpha value is -2.73. The number of hydrogen-bond donors (Lipinski definition) is 2. The number of hydrogen-bond acceptors (Lipinski definition) is 5. The van der Waals surface area contributed by atoms with Crippen LogP contribution in [0.25, 0.3) is 0 Å². The molecule has 4 rings (SSSR count). The number of ether oxygens (including phenoxy) is 1. The van der Waals surface area contributed by atoms with Crippen LogP contribution in [-0.2, 0) is 6.61 Å². The zero-order valence-electron chi connectivity index (χ0n) is 14.8. The largest absolute Gasteiger partial charge is 0.487 e. The van der Waals surface area contributed by atoms with Gasteiger partial charge in [-0.25, -0.2) is 4.99 Å². The Kier molecular flexibility index (Phi) is 5.13. The van der Waals surface area contributed by atoms with Gasteiger partial charge < -0.3 is 21.1 Å². The molecule has 4 N–H and O–H groups in total. The van der Waals surface area contributed by atoms with Crippen molar-refractivity contribution < 1.29 is 4.74 Å². The minimum absolute atomic E-state index is 0.372. The highest BCUT2D eigenvalue weighted by atomic mass is 35.5. The predicted octanol–water partition coefficient (Wildman–Crippen LogP) is 5.29. The second kappa shape index (κ2) is 7.72. The van der Waals surface area contributed by atoms with E-state index in [1.807, 2.05) is 59.5 Å². The molecule has 1 aliphatic rings. The van der Waals surface area contributed by atoms with Gasteiger partial charge in [-0.1, -0.05) is 35.3 Å². The molecule has 0 fully saturated rings. The Morgan fingerprint density at radius 2 is 1.89 bits per heavy atom. The lowest BCUT2D eigenvalue weighted by atomic mass is 10.1. The average Bonchev–Trinajstić information content (AvgIpc) is 2.68. The minimum atomic E-state index is -0.412. The number of halogens is 2. The van der Waals surface area contributed by atoms with E-state index in [1.165, 1.54) is 0 Å². The zero-order valence-corrected chi connectivity index (χ0v) is 16.4. The van der Waals surface area contributed by atoms with Crippen molar-refractivity contribution >= 4 is 46.6 Å². The Morgan fingerprint density at radius 3 is 2.68 bits per heavy atom. The van der Waals surface area contributed by atoms with Gasteiger partial charge in [0, 0.05) is 22.0 Å². The van der Waals surface area contributed by atoms with E-state index in [0.717, 1.165) is 22.5 Å². The van der Waals surface area contributed by atoms with Gasteiger partial charge in [-0.2, -0.15) is 0 Å². The third-order valence-corrected chi connectivity index (χ3v) is 5.02. The summed E-state index contributed by atoms with van der Waals surface area (Å²) in [4.78, 5) is 6.30. The molecule has 5 nitrogen and oxygen atoms in total. The molecule has 0 saturated heterocycles. The van der Waals surface area contributed by atoms with Gasteiger partial charge in [0.25, 0.3) is 0 Å². The van der Waals surface area contributed by atoms with Gasteiger partial charge in [0.1, 0.15) is 18.5 Å². The number of rotatable bonds is 4. The molecule has 1 atom stereocenters. The van der Waals surface area contributed by atoms with E-state index >= 15 is 0 Å². The van der Waals surface area contributed by atoms with Gasteiger partial charge in [0.15, 0.2) is 0 Å². The second-order valence-electron chi connectivity index (χ2n) is 6.45. The molecule has 0 aliphatic carbocycles. The second-order valence-corrected chi connectivity index (χ2v) is 7.29. The van der Waals surface area contributed by atoms with Gasteiger partial charge in [0.2, 0.25) is 0 Å². The zero-order chi connectivity index (χ0) is 19.7. The molecule has 28 heavy (non-hydrogen) atoms. The summed E-state index contributed by atoms with van der Waals surface area (Å²) in [6.45, 7) is 0.372. The van der Waals surface area contributed by atoms with Gasteiger partial charge in [0.05, 0.1) is 17.0 Å². The smallest absolute Gasteiger partial charge is 0.138 e. The molecular formula is C21H18Cl2N4O. The Balaban J connectivity index is 1.53. The van der Waals surface area contributed by atoms with Crippen LogP contribution in [-0.4, -0.2) is 6.34 Å². The van der Waals surface area contributed by atoms with E-state index in [-0.39, 0.29) is 0 Å². The van der Waals surface area contributed by atoms with Crippen LogP contribution in [0.15, 0.2) is 65.7 Å². The first-order chi connectivity index (χ1) is 13.5. The van der Waals surface area contributed by atoms with Gasteiger partial charge in [-0.3, -0.25) is 0 Å². The Bertz CT molecular complexity index is 1050. The van der Waals surface area contributed by atoms with E-state index in [1.54, 1.807) is 12.4 Å². The highest BCUT2D eigenvalue weighted by Gasteiger charge is 2.23. The minimum Gasteiger partial charge on any atom is -0.487 e. The van der Waals surface area contributed by atoms with E-state index in [9.17, 15) is 0 Å². The highest BCUT2D eigenvalue weighted by molar-refractivity contribution is 6.32. The summed E-state index contributed by atoms with van der Waals surface area (Å²) in [5.41, 5.74) is 16.4. The van der Waals surface area contributed by atoms with Crippen molar-refractivity contribution in [2.24, 2.45) is 10.7 Å². The van der Waals surface area contributed by atoms with Gasteiger partial charge >= 0.3 is 0 Å². The van der Waals surface area contributed by atoms with Crippen LogP contribution in [0.2, 0.25) is 10.0 Å². The quantitative estimate of drug-likeness (QED) is 0.570. The first-order valence-electron chi connectivity index (χ1n) is 8.65. The Morgan fingerprint density at radius 1 is 1.04 bits per heavy atom. The molecule has 0 aromatic heterocycles. The maximum Gasteiger partial charge on any atom is 0.138 e. The van der Waals surface area contributed by atoms with Crippen LogP contribution in [0.3, 0.4) is 0 Å². The molecule has 1 heterocycles. The lowest BCUT2D eigenvalue weighted by molar-refractivity contribution is 0.306. The molecule has 0 amide bonds. The van der Waals surface area contributed by atoms with Crippen LogP contribution in [0.1, 0.15) is 17.3 Å². The SMILES string of the molecule is Nc1ccc2c(c1)C(N)N(c1ccc(OCc3cccc(Cl)c3)c(Cl)c1)C=N2. The van der Waals surface area contributed by atoms with E-state index < -0.39 is 6.17 Å². The summed E-state index contributed by atoms with van der Waals surface area (Å²) >= 11 is 12.4. The molecule has 1 unspecified atom stereocenters. The summed E-state index contributed by atoms with van der Waals surface area (Å²) < 4.78 is 5.83. The molecule has 7 heteroatoms. The highest BCUT2D eigenvalue weighted by Crippen LogP contribution is 2.37. The first-order valence-corrected chi connectivity index (χ1v) is 9.41. The van der Waals surface area contributed by atoms with Crippen molar-refractivity contribution in [3.63, 3.8) is 0 Å². The molecule has 0 bridgehead atoms. The van der Waals surface area contributed by atoms with Crippen LogP contribution in [0, 0.1) is 0 Å². The topological polar surface area (TPSA) is 76.9 Å². The summed E-state index contributed by atoms with van der Waals surface area (Å²) in [5.74, 6) is 0.581. The van der Waals surface area contributed by atoms with Crippen molar-refractivity contribution in [2.75, 3.05) is 10.6 Å². The lowest BCUT2D eigenvalue weighted by Gasteiger charge is -2.31. The maximum atomic E-state index is 6.44. The first kappa shape index (κ1) is 18.6. The summed E-state index contributed by atoms with van der Waals surface area (Å²) in [6, 6.07) is 18.5. The van der Waals surface area contributed by atoms with Crippen molar-refractivity contribution in [3.8, 4) is 5.75 Å².